The molecule has 1 aromatic heterocycles. The molecule has 3 aromatic rings. The first-order valence-corrected chi connectivity index (χ1v) is 12.8. The van der Waals surface area contributed by atoms with Crippen molar-refractivity contribution in [3.8, 4) is 11.8 Å². The minimum atomic E-state index is -1.45. The van der Waals surface area contributed by atoms with Gasteiger partial charge in [0.05, 0.1) is 35.7 Å². The molecule has 2 fully saturated rings. The van der Waals surface area contributed by atoms with Crippen LogP contribution >= 0.6 is 0 Å². The summed E-state index contributed by atoms with van der Waals surface area (Å²) in [6, 6.07) is 11.8. The number of carbonyl (C=O) groups is 2. The number of carbonyl (C=O) groups excluding carboxylic acids is 2. The number of ether oxygens (including phenoxy) is 1. The Labute approximate surface area is 225 Å². The van der Waals surface area contributed by atoms with Crippen LogP contribution in [0, 0.1) is 22.6 Å². The van der Waals surface area contributed by atoms with Crippen LogP contribution in [-0.4, -0.2) is 53.7 Å². The Bertz CT molecular complexity index is 1520. The van der Waals surface area contributed by atoms with Crippen LogP contribution in [0.4, 0.5) is 14.9 Å². The van der Waals surface area contributed by atoms with Crippen molar-refractivity contribution in [2.75, 3.05) is 31.6 Å². The van der Waals surface area contributed by atoms with E-state index in [1.165, 1.54) is 18.2 Å². The van der Waals surface area contributed by atoms with Crippen LogP contribution in [0.1, 0.15) is 43.4 Å². The normalized spacial score (nSPS) is 21.5. The Morgan fingerprint density at radius 1 is 1.21 bits per heavy atom. The van der Waals surface area contributed by atoms with E-state index in [0.717, 1.165) is 5.56 Å². The fourth-order valence-corrected chi connectivity index (χ4v) is 5.68. The Kier molecular flexibility index (Phi) is 6.74. The monoisotopic (exact) mass is 531 g/mol. The quantitative estimate of drug-likeness (QED) is 0.514. The second-order valence-corrected chi connectivity index (χ2v) is 10.8. The van der Waals surface area contributed by atoms with Crippen LogP contribution in [-0.2, 0) is 16.9 Å². The average molecular weight is 532 g/mol. The number of urea groups is 1. The lowest BCUT2D eigenvalue weighted by Gasteiger charge is -2.50. The predicted molar refractivity (Wildman–Crippen MR) is 142 cm³/mol. The lowest BCUT2D eigenvalue weighted by Crippen LogP contribution is -2.55. The number of imide groups is 1. The Hall–Kier alpha value is -4.07. The van der Waals surface area contributed by atoms with Crippen LogP contribution in [0.25, 0.3) is 10.9 Å². The van der Waals surface area contributed by atoms with Crippen molar-refractivity contribution in [2.24, 2.45) is 5.41 Å². The van der Waals surface area contributed by atoms with Gasteiger partial charge >= 0.3 is 6.03 Å². The summed E-state index contributed by atoms with van der Waals surface area (Å²) >= 11 is 0. The summed E-state index contributed by atoms with van der Waals surface area (Å²) < 4.78 is 21.5. The maximum Gasteiger partial charge on any atom is 0.328 e. The number of pyridine rings is 1. The van der Waals surface area contributed by atoms with Crippen LogP contribution in [0.15, 0.2) is 42.6 Å². The highest BCUT2D eigenvalue weighted by atomic mass is 19.1. The molecule has 39 heavy (non-hydrogen) atoms. The third-order valence-electron chi connectivity index (χ3n) is 7.92. The van der Waals surface area contributed by atoms with Gasteiger partial charge in [-0.15, -0.1) is 0 Å². The third-order valence-corrected chi connectivity index (χ3v) is 7.92. The molecule has 2 aliphatic rings. The van der Waals surface area contributed by atoms with Crippen molar-refractivity contribution in [3.63, 3.8) is 0 Å². The number of nitriles is 1. The number of nitrogens with zero attached hydrogens (tertiary/aromatic N) is 4. The van der Waals surface area contributed by atoms with E-state index < -0.39 is 22.9 Å². The van der Waals surface area contributed by atoms with Gasteiger partial charge < -0.3 is 9.84 Å². The fraction of sp³-hybridized carbons (Fsp3) is 0.379. The molecule has 10 heteroatoms. The molecule has 0 radical (unpaired) electrons. The van der Waals surface area contributed by atoms with Crippen molar-refractivity contribution in [3.05, 3.63) is 65.1 Å². The Balaban J connectivity index is 1.42. The number of fused-ring (bicyclic) bond motifs is 1. The van der Waals surface area contributed by atoms with E-state index in [-0.39, 0.29) is 29.8 Å². The number of rotatable bonds is 5. The van der Waals surface area contributed by atoms with E-state index in [2.05, 4.69) is 21.3 Å². The van der Waals surface area contributed by atoms with E-state index in [1.807, 2.05) is 26.0 Å². The van der Waals surface area contributed by atoms with Crippen LogP contribution in [0.5, 0.6) is 5.75 Å². The van der Waals surface area contributed by atoms with Crippen molar-refractivity contribution in [2.45, 2.75) is 38.8 Å². The van der Waals surface area contributed by atoms with Gasteiger partial charge in [0.25, 0.3) is 0 Å². The summed E-state index contributed by atoms with van der Waals surface area (Å²) in [5.41, 5.74) is 0.254. The van der Waals surface area contributed by atoms with Gasteiger partial charge in [-0.05, 0) is 36.2 Å². The molecule has 2 saturated heterocycles. The second kappa shape index (κ2) is 9.91. The molecule has 5 rings (SSSR count). The average Bonchev–Trinajstić information content (AvgIpc) is 2.90. The van der Waals surface area contributed by atoms with Crippen LogP contribution < -0.4 is 15.0 Å². The smallest absolute Gasteiger partial charge is 0.328 e. The zero-order valence-corrected chi connectivity index (χ0v) is 22.1. The van der Waals surface area contributed by atoms with E-state index >= 15 is 4.39 Å². The van der Waals surface area contributed by atoms with Crippen molar-refractivity contribution < 1.29 is 23.8 Å². The Morgan fingerprint density at radius 2 is 2.00 bits per heavy atom. The first kappa shape index (κ1) is 26.5. The molecule has 202 valence electrons. The third kappa shape index (κ3) is 4.68. The standard InChI is InChI=1S/C29H30FN5O4/c1-28(2)17-34(16-18-4-5-19(14-31)24(12-18)39-3)11-9-29(28,38)22-6-7-23-21(26(22)30)13-20(15-32-23)35-10-8-25(36)33-27(35)37/h4-7,12-13,15,38H,8-11,16-17H2,1-3H3,(H,33,36,37)/t29-/m0/s1. The maximum atomic E-state index is 16.1. The van der Waals surface area contributed by atoms with Crippen LogP contribution in [0.3, 0.4) is 0 Å². The van der Waals surface area contributed by atoms with Gasteiger partial charge in [-0.25, -0.2) is 9.18 Å². The molecule has 0 bridgehead atoms. The summed E-state index contributed by atoms with van der Waals surface area (Å²) in [7, 11) is 1.53. The topological polar surface area (TPSA) is 119 Å². The number of nitrogens with one attached hydrogen (secondary N) is 1. The molecule has 3 amide bonds. The number of likely N-dealkylation sites (tertiary alicyclic amines) is 1. The highest BCUT2D eigenvalue weighted by Gasteiger charge is 2.50. The summed E-state index contributed by atoms with van der Waals surface area (Å²) in [4.78, 5) is 31.7. The molecule has 9 nitrogen and oxygen atoms in total. The number of anilines is 1. The number of benzene rings is 2. The Morgan fingerprint density at radius 3 is 2.69 bits per heavy atom. The highest BCUT2D eigenvalue weighted by molar-refractivity contribution is 6.06. The van der Waals surface area contributed by atoms with Gasteiger partial charge in [0, 0.05) is 49.0 Å². The molecule has 3 heterocycles. The lowest BCUT2D eigenvalue weighted by molar-refractivity contribution is -0.128. The van der Waals surface area contributed by atoms with Crippen LogP contribution in [0.2, 0.25) is 0 Å². The highest BCUT2D eigenvalue weighted by Crippen LogP contribution is 2.48. The molecular weight excluding hydrogens is 501 g/mol. The van der Waals surface area contributed by atoms with Crippen molar-refractivity contribution >= 4 is 28.5 Å². The summed E-state index contributed by atoms with van der Waals surface area (Å²) in [6.45, 7) is 5.65. The zero-order valence-electron chi connectivity index (χ0n) is 22.1. The number of hydrogen-bond acceptors (Lipinski definition) is 7. The van der Waals surface area contributed by atoms with Crippen molar-refractivity contribution in [1.82, 2.24) is 15.2 Å². The largest absolute Gasteiger partial charge is 0.495 e. The minimum absolute atomic E-state index is 0.145. The minimum Gasteiger partial charge on any atom is -0.495 e. The first-order valence-electron chi connectivity index (χ1n) is 12.8. The van der Waals surface area contributed by atoms with Crippen molar-refractivity contribution in [1.29, 1.82) is 5.26 Å². The van der Waals surface area contributed by atoms with Gasteiger partial charge in [0.1, 0.15) is 17.6 Å². The number of hydrogen-bond donors (Lipinski definition) is 2. The predicted octanol–water partition coefficient (Wildman–Crippen LogP) is 3.82. The molecule has 2 aliphatic heterocycles. The van der Waals surface area contributed by atoms with E-state index in [1.54, 1.807) is 24.3 Å². The molecule has 0 aliphatic carbocycles. The van der Waals surface area contributed by atoms with Gasteiger partial charge in [0.2, 0.25) is 5.91 Å². The van der Waals surface area contributed by atoms with Gasteiger partial charge in [-0.1, -0.05) is 26.0 Å². The molecule has 2 N–H and O–H groups in total. The van der Waals surface area contributed by atoms with E-state index in [4.69, 9.17) is 4.74 Å². The first-order chi connectivity index (χ1) is 18.6. The number of amides is 3. The van der Waals surface area contributed by atoms with Gasteiger partial charge in [-0.3, -0.25) is 24.9 Å². The van der Waals surface area contributed by atoms with Gasteiger partial charge in [-0.2, -0.15) is 5.26 Å². The number of methoxy groups -OCH3 is 1. The van der Waals surface area contributed by atoms with Gasteiger partial charge in [0.15, 0.2) is 0 Å². The fourth-order valence-electron chi connectivity index (χ4n) is 5.68. The zero-order chi connectivity index (χ0) is 27.9. The second-order valence-electron chi connectivity index (χ2n) is 10.8. The molecule has 0 saturated carbocycles. The number of piperidine rings is 1. The molecule has 2 aromatic carbocycles. The number of aliphatic hydroxyl groups is 1. The maximum absolute atomic E-state index is 16.1. The lowest BCUT2D eigenvalue weighted by atomic mass is 9.66. The molecule has 0 spiro atoms. The molecular formula is C29H30FN5O4. The number of halogens is 1. The molecule has 0 unspecified atom stereocenters. The SMILES string of the molecule is COc1cc(CN2CC[C@](O)(c3ccc4ncc(N5CCC(=O)NC5=O)cc4c3F)C(C)(C)C2)ccc1C#N. The molecule has 1 atom stereocenters. The summed E-state index contributed by atoms with van der Waals surface area (Å²) in [6.07, 6.45) is 1.93. The summed E-state index contributed by atoms with van der Waals surface area (Å²) in [5, 5.41) is 23.7. The summed E-state index contributed by atoms with van der Waals surface area (Å²) in [5.74, 6) is -0.411. The van der Waals surface area contributed by atoms with E-state index in [0.29, 0.717) is 48.6 Å². The van der Waals surface area contributed by atoms with E-state index in [9.17, 15) is 20.0 Å². The number of aromatic nitrogens is 1.